The number of nitrogens with zero attached hydrogens (tertiary/aromatic N) is 3. The lowest BCUT2D eigenvalue weighted by molar-refractivity contribution is 0.477. The fourth-order valence-corrected chi connectivity index (χ4v) is 8.73. The highest BCUT2D eigenvalue weighted by Crippen LogP contribution is 2.44. The van der Waals surface area contributed by atoms with E-state index in [0.29, 0.717) is 5.92 Å². The Morgan fingerprint density at radius 2 is 1.31 bits per heavy atom. The first-order valence-corrected chi connectivity index (χ1v) is 21.3. The highest BCUT2D eigenvalue weighted by atomic mass is 15.2. The molecule has 3 atom stereocenters. The maximum absolute atomic E-state index is 4.75. The molecule has 0 amide bonds. The van der Waals surface area contributed by atoms with Crippen LogP contribution in [0.5, 0.6) is 0 Å². The first kappa shape index (κ1) is 39.2. The van der Waals surface area contributed by atoms with E-state index in [2.05, 4.69) is 215 Å². The van der Waals surface area contributed by atoms with Crippen molar-refractivity contribution in [2.24, 2.45) is 16.3 Å². The van der Waals surface area contributed by atoms with Gasteiger partial charge in [0.1, 0.15) is 0 Å². The summed E-state index contributed by atoms with van der Waals surface area (Å²) < 4.78 is 0. The zero-order chi connectivity index (χ0) is 40.3. The van der Waals surface area contributed by atoms with Gasteiger partial charge in [-0.3, -0.25) is 4.99 Å². The minimum Gasteiger partial charge on any atom is -0.338 e. The molecule has 0 saturated heterocycles. The molecule has 1 heterocycles. The second kappa shape index (κ2) is 16.7. The second-order valence-corrected chi connectivity index (χ2v) is 18.3. The Bertz CT molecular complexity index is 2330. The first-order chi connectivity index (χ1) is 28.0. The van der Waals surface area contributed by atoms with Crippen molar-refractivity contribution in [2.75, 3.05) is 16.3 Å². The van der Waals surface area contributed by atoms with Gasteiger partial charge in [0.15, 0.2) is 0 Å². The van der Waals surface area contributed by atoms with Gasteiger partial charge >= 0.3 is 0 Å². The van der Waals surface area contributed by atoms with Gasteiger partial charge in [-0.05, 0) is 119 Å². The van der Waals surface area contributed by atoms with Crippen molar-refractivity contribution >= 4 is 29.0 Å². The molecule has 8 rings (SSSR count). The van der Waals surface area contributed by atoms with E-state index in [0.717, 1.165) is 49.3 Å². The Morgan fingerprint density at radius 3 is 1.91 bits per heavy atom. The van der Waals surface area contributed by atoms with E-state index in [1.807, 2.05) is 6.21 Å². The molecule has 4 aromatic rings. The number of allylic oxidation sites excluding steroid dienone is 11. The van der Waals surface area contributed by atoms with Crippen LogP contribution in [0.1, 0.15) is 84.3 Å². The summed E-state index contributed by atoms with van der Waals surface area (Å²) in [5.41, 5.74) is 14.2. The van der Waals surface area contributed by atoms with Gasteiger partial charge in [0, 0.05) is 53.0 Å². The van der Waals surface area contributed by atoms with Crippen molar-refractivity contribution in [3.63, 3.8) is 0 Å². The van der Waals surface area contributed by atoms with Crippen LogP contribution in [0.2, 0.25) is 0 Å². The van der Waals surface area contributed by atoms with E-state index < -0.39 is 0 Å². The normalized spacial score (nSPS) is 20.4. The standard InChI is InChI=1S/C55H59N3/c1-54(2,3)46-23-31-50(32-24-46)57(48-27-19-42(20-28-48)40-14-9-7-10-15-40)52-36-45(44-18-13-35-56-39-44)37-53(38-52)58(51-33-25-47(26-34-51)55(4,5)6)49-29-21-43(22-30-49)41-16-11-8-12-17-41/h7-16,18-25,27-29,31-33,35-38,41,44,49H,17,26,30,34,39H2,1-6H3. The third-order valence-corrected chi connectivity index (χ3v) is 12.2. The molecule has 0 aromatic heterocycles. The molecule has 3 unspecified atom stereocenters. The predicted molar refractivity (Wildman–Crippen MR) is 250 cm³/mol. The quantitative estimate of drug-likeness (QED) is 0.169. The molecule has 0 N–H and O–H groups in total. The highest BCUT2D eigenvalue weighted by molar-refractivity contribution is 5.82. The third kappa shape index (κ3) is 8.75. The van der Waals surface area contributed by atoms with Crippen LogP contribution in [0.4, 0.5) is 22.7 Å². The van der Waals surface area contributed by atoms with Gasteiger partial charge in [0.2, 0.25) is 0 Å². The lowest BCUT2D eigenvalue weighted by Crippen LogP contribution is -2.35. The Morgan fingerprint density at radius 1 is 0.603 bits per heavy atom. The van der Waals surface area contributed by atoms with Crippen molar-refractivity contribution in [1.82, 2.24) is 0 Å². The van der Waals surface area contributed by atoms with Crippen LogP contribution in [-0.2, 0) is 5.41 Å². The van der Waals surface area contributed by atoms with Gasteiger partial charge < -0.3 is 9.80 Å². The van der Waals surface area contributed by atoms with Crippen molar-refractivity contribution in [3.05, 3.63) is 192 Å². The average molecular weight is 762 g/mol. The molecule has 4 aromatic carbocycles. The summed E-state index contributed by atoms with van der Waals surface area (Å²) in [6, 6.07) is 36.4. The summed E-state index contributed by atoms with van der Waals surface area (Å²) in [6.45, 7) is 14.6. The Labute approximate surface area is 347 Å². The van der Waals surface area contributed by atoms with E-state index in [9.17, 15) is 0 Å². The number of hydrogen-bond donors (Lipinski definition) is 0. The largest absolute Gasteiger partial charge is 0.338 e. The smallest absolute Gasteiger partial charge is 0.0556 e. The predicted octanol–water partition coefficient (Wildman–Crippen LogP) is 14.7. The molecule has 0 bridgehead atoms. The Balaban J connectivity index is 1.28. The summed E-state index contributed by atoms with van der Waals surface area (Å²) in [5, 5.41) is 0. The summed E-state index contributed by atoms with van der Waals surface area (Å²) in [6.07, 6.45) is 31.6. The maximum atomic E-state index is 4.75. The lowest BCUT2D eigenvalue weighted by Gasteiger charge is -2.39. The number of aliphatic imine (C=N–C) groups is 1. The monoisotopic (exact) mass is 761 g/mol. The van der Waals surface area contributed by atoms with Crippen LogP contribution in [0, 0.1) is 11.3 Å². The van der Waals surface area contributed by atoms with Gasteiger partial charge in [-0.1, -0.05) is 156 Å². The third-order valence-electron chi connectivity index (χ3n) is 12.2. The summed E-state index contributed by atoms with van der Waals surface area (Å²) in [5.74, 6) is 0.630. The zero-order valence-electron chi connectivity index (χ0n) is 35.3. The number of hydrogen-bond acceptors (Lipinski definition) is 3. The first-order valence-electron chi connectivity index (χ1n) is 21.3. The molecule has 58 heavy (non-hydrogen) atoms. The lowest BCUT2D eigenvalue weighted by atomic mass is 9.81. The van der Waals surface area contributed by atoms with Gasteiger partial charge in [-0.15, -0.1) is 0 Å². The molecule has 0 fully saturated rings. The second-order valence-electron chi connectivity index (χ2n) is 18.3. The topological polar surface area (TPSA) is 18.8 Å². The molecule has 1 aliphatic heterocycles. The van der Waals surface area contributed by atoms with Crippen molar-refractivity contribution in [2.45, 2.75) is 84.6 Å². The van der Waals surface area contributed by atoms with E-state index in [1.54, 1.807) is 0 Å². The molecule has 294 valence electrons. The van der Waals surface area contributed by atoms with Gasteiger partial charge in [-0.2, -0.15) is 0 Å². The Kier molecular flexibility index (Phi) is 11.3. The van der Waals surface area contributed by atoms with Crippen LogP contribution in [0.25, 0.3) is 11.1 Å². The van der Waals surface area contributed by atoms with Crippen LogP contribution < -0.4 is 9.80 Å². The van der Waals surface area contributed by atoms with Crippen LogP contribution in [0.15, 0.2) is 186 Å². The SMILES string of the molecule is CC(C)(C)C1=CC=C(N(c2cc(C3C=CC=NC3)cc(N(c3ccc(-c4ccccc4)cc3)c3ccc(C(C)(C)C)cc3)c2)C2C=CC(C3C=CC=CC3)=CC2)CC1. The number of dihydropyridines is 1. The molecule has 4 aliphatic rings. The molecule has 0 spiro atoms. The van der Waals surface area contributed by atoms with E-state index in [4.69, 9.17) is 4.99 Å². The minimum atomic E-state index is 0.0585. The zero-order valence-corrected chi connectivity index (χ0v) is 35.3. The molecule has 3 heteroatoms. The van der Waals surface area contributed by atoms with Crippen LogP contribution in [0.3, 0.4) is 0 Å². The maximum Gasteiger partial charge on any atom is 0.0556 e. The van der Waals surface area contributed by atoms with E-state index in [-0.39, 0.29) is 22.8 Å². The van der Waals surface area contributed by atoms with Crippen molar-refractivity contribution in [3.8, 4) is 11.1 Å². The summed E-state index contributed by atoms with van der Waals surface area (Å²) in [4.78, 5) is 9.85. The summed E-state index contributed by atoms with van der Waals surface area (Å²) >= 11 is 0. The number of rotatable bonds is 9. The fourth-order valence-electron chi connectivity index (χ4n) is 8.73. The number of benzene rings is 4. The highest BCUT2D eigenvalue weighted by Gasteiger charge is 2.29. The van der Waals surface area contributed by atoms with Gasteiger partial charge in [0.25, 0.3) is 0 Å². The average Bonchev–Trinajstić information content (AvgIpc) is 3.25. The molecule has 0 saturated carbocycles. The Hall–Kier alpha value is -5.67. The molecule has 3 aliphatic carbocycles. The molecular weight excluding hydrogens is 703 g/mol. The van der Waals surface area contributed by atoms with E-state index in [1.165, 1.54) is 44.8 Å². The van der Waals surface area contributed by atoms with Crippen molar-refractivity contribution in [1.29, 1.82) is 0 Å². The van der Waals surface area contributed by atoms with Gasteiger partial charge in [0.05, 0.1) is 6.04 Å². The van der Waals surface area contributed by atoms with Crippen LogP contribution in [-0.4, -0.2) is 18.8 Å². The van der Waals surface area contributed by atoms with Crippen LogP contribution >= 0.6 is 0 Å². The summed E-state index contributed by atoms with van der Waals surface area (Å²) in [7, 11) is 0. The number of anilines is 4. The van der Waals surface area contributed by atoms with Gasteiger partial charge in [-0.25, -0.2) is 0 Å². The van der Waals surface area contributed by atoms with E-state index >= 15 is 0 Å². The fraction of sp³-hybridized carbons (Fsp3) is 0.291. The molecule has 3 nitrogen and oxygen atoms in total. The molecular formula is C55H59N3. The molecule has 0 radical (unpaired) electrons. The minimum absolute atomic E-state index is 0.0585. The van der Waals surface area contributed by atoms with Crippen molar-refractivity contribution < 1.29 is 0 Å².